The van der Waals surface area contributed by atoms with Crippen LogP contribution in [0.4, 0.5) is 4.39 Å². The number of hydrogen-bond donors (Lipinski definition) is 0. The van der Waals surface area contributed by atoms with Crippen molar-refractivity contribution in [1.29, 1.82) is 0 Å². The number of nitrogens with zero attached hydrogens (tertiary/aromatic N) is 4. The molecular formula is C23H19FN4O. The fraction of sp³-hybridized carbons (Fsp3) is 0.0870. The second-order valence-electron chi connectivity index (χ2n) is 6.50. The number of rotatable bonds is 6. The van der Waals surface area contributed by atoms with Gasteiger partial charge in [0.2, 0.25) is 0 Å². The highest BCUT2D eigenvalue weighted by Gasteiger charge is 2.12. The minimum Gasteiger partial charge on any atom is -0.289 e. The molecule has 0 atom stereocenters. The van der Waals surface area contributed by atoms with Gasteiger partial charge in [-0.05, 0) is 55.5 Å². The third kappa shape index (κ3) is 4.06. The van der Waals surface area contributed by atoms with Crippen molar-refractivity contribution in [2.75, 3.05) is 0 Å². The Morgan fingerprint density at radius 1 is 1.07 bits per heavy atom. The second kappa shape index (κ2) is 8.06. The van der Waals surface area contributed by atoms with Gasteiger partial charge in [-0.3, -0.25) is 9.48 Å². The molecule has 0 radical (unpaired) electrons. The molecule has 0 aliphatic carbocycles. The fourth-order valence-corrected chi connectivity index (χ4v) is 2.98. The van der Waals surface area contributed by atoms with Gasteiger partial charge in [0.1, 0.15) is 5.82 Å². The molecule has 0 saturated carbocycles. The lowest BCUT2D eigenvalue weighted by atomic mass is 10.1. The first-order valence-electron chi connectivity index (χ1n) is 9.30. The Morgan fingerprint density at radius 2 is 1.83 bits per heavy atom. The Kier molecular flexibility index (Phi) is 5.16. The summed E-state index contributed by atoms with van der Waals surface area (Å²) in [4.78, 5) is 12.5. The molecule has 0 aliphatic rings. The number of carbonyl (C=O) groups is 1. The normalized spacial score (nSPS) is 11.2. The number of halogens is 1. The van der Waals surface area contributed by atoms with E-state index in [1.54, 1.807) is 40.0 Å². The zero-order valence-electron chi connectivity index (χ0n) is 15.9. The summed E-state index contributed by atoms with van der Waals surface area (Å²) < 4.78 is 16.8. The molecule has 4 aromatic rings. The van der Waals surface area contributed by atoms with Crippen molar-refractivity contribution in [1.82, 2.24) is 19.6 Å². The van der Waals surface area contributed by atoms with Crippen molar-refractivity contribution in [3.8, 4) is 16.9 Å². The van der Waals surface area contributed by atoms with E-state index in [-0.39, 0.29) is 11.6 Å². The van der Waals surface area contributed by atoms with E-state index in [0.717, 1.165) is 16.8 Å². The average Bonchev–Trinajstić information content (AvgIpc) is 3.41. The Hall–Kier alpha value is -3.80. The molecule has 0 fully saturated rings. The summed E-state index contributed by atoms with van der Waals surface area (Å²) in [6, 6.07) is 15.8. The summed E-state index contributed by atoms with van der Waals surface area (Å²) in [6.45, 7) is 2.67. The molecule has 2 aromatic heterocycles. The van der Waals surface area contributed by atoms with Gasteiger partial charge in [0.05, 0.1) is 23.1 Å². The fourth-order valence-electron chi connectivity index (χ4n) is 2.98. The van der Waals surface area contributed by atoms with Gasteiger partial charge in [0.15, 0.2) is 5.78 Å². The van der Waals surface area contributed by atoms with Crippen molar-refractivity contribution in [2.45, 2.75) is 13.5 Å². The summed E-state index contributed by atoms with van der Waals surface area (Å²) >= 11 is 0. The summed E-state index contributed by atoms with van der Waals surface area (Å²) in [5.41, 5.74) is 3.62. The summed E-state index contributed by atoms with van der Waals surface area (Å²) in [7, 11) is 0. The maximum absolute atomic E-state index is 13.4. The van der Waals surface area contributed by atoms with Crippen molar-refractivity contribution in [3.05, 3.63) is 96.2 Å². The zero-order chi connectivity index (χ0) is 20.2. The number of ketones is 1. The molecule has 6 heteroatoms. The van der Waals surface area contributed by atoms with Gasteiger partial charge in [-0.1, -0.05) is 18.2 Å². The van der Waals surface area contributed by atoms with Crippen molar-refractivity contribution in [3.63, 3.8) is 0 Å². The third-order valence-electron chi connectivity index (χ3n) is 4.54. The van der Waals surface area contributed by atoms with Crippen LogP contribution in [0, 0.1) is 5.82 Å². The molecule has 4 rings (SSSR count). The largest absolute Gasteiger partial charge is 0.289 e. The van der Waals surface area contributed by atoms with Crippen molar-refractivity contribution < 1.29 is 9.18 Å². The van der Waals surface area contributed by atoms with Crippen LogP contribution in [0.2, 0.25) is 0 Å². The molecule has 5 nitrogen and oxygen atoms in total. The summed E-state index contributed by atoms with van der Waals surface area (Å²) in [5.74, 6) is -0.446. The molecule has 0 aliphatic heterocycles. The van der Waals surface area contributed by atoms with Gasteiger partial charge in [0, 0.05) is 30.1 Å². The Labute approximate surface area is 167 Å². The number of para-hydroxylation sites is 1. The SMILES string of the molecule is CCn1cc(C(=O)C=Cc2cn(-c3ccccc3)nc2-c2ccc(F)cc2)cn1. The minimum atomic E-state index is -0.309. The maximum Gasteiger partial charge on any atom is 0.189 e. The molecule has 0 amide bonds. The van der Waals surface area contributed by atoms with E-state index >= 15 is 0 Å². The Bertz CT molecular complexity index is 1160. The highest BCUT2D eigenvalue weighted by molar-refractivity contribution is 6.06. The highest BCUT2D eigenvalue weighted by atomic mass is 19.1. The van der Waals surface area contributed by atoms with Crippen molar-refractivity contribution in [2.24, 2.45) is 0 Å². The first-order chi connectivity index (χ1) is 14.1. The predicted molar refractivity (Wildman–Crippen MR) is 110 cm³/mol. The smallest absolute Gasteiger partial charge is 0.189 e. The minimum absolute atomic E-state index is 0.137. The van der Waals surface area contributed by atoms with E-state index in [9.17, 15) is 9.18 Å². The zero-order valence-corrected chi connectivity index (χ0v) is 15.9. The molecule has 2 aromatic carbocycles. The molecule has 144 valence electrons. The Balaban J connectivity index is 1.71. The molecular weight excluding hydrogens is 367 g/mol. The lowest BCUT2D eigenvalue weighted by Crippen LogP contribution is -1.94. The molecule has 0 spiro atoms. The lowest BCUT2D eigenvalue weighted by molar-refractivity contribution is 0.104. The number of carbonyl (C=O) groups excluding carboxylic acids is 1. The van der Waals surface area contributed by atoms with Gasteiger partial charge in [-0.15, -0.1) is 0 Å². The molecule has 0 N–H and O–H groups in total. The first kappa shape index (κ1) is 18.6. The van der Waals surface area contributed by atoms with Crippen LogP contribution in [-0.4, -0.2) is 25.3 Å². The van der Waals surface area contributed by atoms with E-state index in [2.05, 4.69) is 10.2 Å². The number of benzene rings is 2. The number of allylic oxidation sites excluding steroid dienone is 1. The summed E-state index contributed by atoms with van der Waals surface area (Å²) in [5, 5.41) is 8.80. The van der Waals surface area contributed by atoms with Crippen LogP contribution in [0.1, 0.15) is 22.8 Å². The van der Waals surface area contributed by atoms with Gasteiger partial charge >= 0.3 is 0 Å². The third-order valence-corrected chi connectivity index (χ3v) is 4.54. The van der Waals surface area contributed by atoms with Gasteiger partial charge < -0.3 is 0 Å². The van der Waals surface area contributed by atoms with E-state index in [1.807, 2.05) is 43.5 Å². The van der Waals surface area contributed by atoms with E-state index in [0.29, 0.717) is 17.8 Å². The quantitative estimate of drug-likeness (QED) is 0.354. The maximum atomic E-state index is 13.4. The van der Waals surface area contributed by atoms with E-state index in [4.69, 9.17) is 0 Å². The monoisotopic (exact) mass is 386 g/mol. The van der Waals surface area contributed by atoms with E-state index < -0.39 is 0 Å². The van der Waals surface area contributed by atoms with Crippen molar-refractivity contribution >= 4 is 11.9 Å². The van der Waals surface area contributed by atoms with Gasteiger partial charge in [-0.2, -0.15) is 10.2 Å². The first-order valence-corrected chi connectivity index (χ1v) is 9.30. The molecule has 0 saturated heterocycles. The molecule has 29 heavy (non-hydrogen) atoms. The average molecular weight is 386 g/mol. The van der Waals surface area contributed by atoms with Crippen LogP contribution < -0.4 is 0 Å². The predicted octanol–water partition coefficient (Wildman–Crippen LogP) is 4.79. The number of aromatic nitrogens is 4. The van der Waals surface area contributed by atoms with Gasteiger partial charge in [0.25, 0.3) is 0 Å². The second-order valence-corrected chi connectivity index (χ2v) is 6.50. The van der Waals surface area contributed by atoms with Crippen LogP contribution in [0.15, 0.2) is 79.3 Å². The molecule has 2 heterocycles. The Morgan fingerprint density at radius 3 is 2.52 bits per heavy atom. The van der Waals surface area contributed by atoms with Gasteiger partial charge in [-0.25, -0.2) is 9.07 Å². The van der Waals surface area contributed by atoms with Crippen LogP contribution >= 0.6 is 0 Å². The summed E-state index contributed by atoms with van der Waals surface area (Å²) in [6.07, 6.45) is 8.38. The number of aryl methyl sites for hydroxylation is 1. The van der Waals surface area contributed by atoms with Crippen LogP contribution in [0.5, 0.6) is 0 Å². The standard InChI is InChI=1S/C23H19FN4O/c1-2-27-15-19(14-25-27)22(29)13-10-18-16-28(21-6-4-3-5-7-21)26-23(18)17-8-11-20(24)12-9-17/h3-16H,2H2,1H3. The highest BCUT2D eigenvalue weighted by Crippen LogP contribution is 2.25. The number of hydrogen-bond acceptors (Lipinski definition) is 3. The van der Waals surface area contributed by atoms with Crippen LogP contribution in [0.3, 0.4) is 0 Å². The molecule has 0 bridgehead atoms. The topological polar surface area (TPSA) is 52.7 Å². The molecule has 0 unspecified atom stereocenters. The van der Waals surface area contributed by atoms with Crippen LogP contribution in [0.25, 0.3) is 23.0 Å². The van der Waals surface area contributed by atoms with Crippen LogP contribution in [-0.2, 0) is 6.54 Å². The lowest BCUT2D eigenvalue weighted by Gasteiger charge is -2.00. The van der Waals surface area contributed by atoms with E-state index in [1.165, 1.54) is 18.2 Å².